The number of piperidine rings is 1. The zero-order valence-electron chi connectivity index (χ0n) is 18.0. The number of hydrogen-bond donors (Lipinski definition) is 5. The Balaban J connectivity index is 1.97. The molecule has 2 rings (SSSR count). The highest BCUT2D eigenvalue weighted by atomic mass is 32.2. The molecule has 2 aliphatic rings. The average molecular weight is 453 g/mol. The fourth-order valence-corrected chi connectivity index (χ4v) is 4.69. The minimum atomic E-state index is -1.35. The molecule has 1 amide bonds. The molecule has 8 atom stereocenters. The molecule has 2 heterocycles. The first-order valence-corrected chi connectivity index (χ1v) is 12.0. The molecule has 0 aromatic heterocycles. The summed E-state index contributed by atoms with van der Waals surface area (Å²) in [5, 5.41) is 37.0. The van der Waals surface area contributed by atoms with Gasteiger partial charge in [0.2, 0.25) is 5.91 Å². The standard InChI is InChI=1S/C20H37FN2O6S/c1-11(2)14(18-16(25)15(24)17(26)20(29-18)30-3)23-19(27)13-9-12(5-7-22-13)10-28-8-4-6-21/h11-18,20,22,24-26H,4-10H2,1-3H3,(H,23,27). The first kappa shape index (κ1) is 25.8. The van der Waals surface area contributed by atoms with E-state index in [2.05, 4.69) is 10.6 Å². The molecule has 30 heavy (non-hydrogen) atoms. The van der Waals surface area contributed by atoms with Crippen LogP contribution in [0.15, 0.2) is 0 Å². The second kappa shape index (κ2) is 12.5. The third-order valence-electron chi connectivity index (χ3n) is 5.82. The Morgan fingerprint density at radius 2 is 2.03 bits per heavy atom. The second-order valence-electron chi connectivity index (χ2n) is 8.47. The van der Waals surface area contributed by atoms with Gasteiger partial charge in [-0.15, -0.1) is 11.8 Å². The summed E-state index contributed by atoms with van der Waals surface area (Å²) in [4.78, 5) is 13.0. The van der Waals surface area contributed by atoms with E-state index >= 15 is 0 Å². The molecule has 0 saturated carbocycles. The number of alkyl halides is 1. The van der Waals surface area contributed by atoms with Gasteiger partial charge in [0.25, 0.3) is 0 Å². The van der Waals surface area contributed by atoms with Gasteiger partial charge >= 0.3 is 0 Å². The normalized spacial score (nSPS) is 35.9. The number of aliphatic hydroxyl groups is 3. The van der Waals surface area contributed by atoms with E-state index in [9.17, 15) is 24.5 Å². The summed E-state index contributed by atoms with van der Waals surface area (Å²) < 4.78 is 23.6. The van der Waals surface area contributed by atoms with Crippen molar-refractivity contribution in [3.63, 3.8) is 0 Å². The first-order chi connectivity index (χ1) is 14.3. The van der Waals surface area contributed by atoms with Crippen molar-refractivity contribution in [2.75, 3.05) is 32.7 Å². The minimum absolute atomic E-state index is 0.0676. The molecule has 0 spiro atoms. The lowest BCUT2D eigenvalue weighted by molar-refractivity contribution is -0.208. The predicted molar refractivity (Wildman–Crippen MR) is 113 cm³/mol. The van der Waals surface area contributed by atoms with E-state index in [4.69, 9.17) is 9.47 Å². The molecule has 10 heteroatoms. The number of ether oxygens (including phenoxy) is 2. The Morgan fingerprint density at radius 3 is 2.67 bits per heavy atom. The van der Waals surface area contributed by atoms with Crippen molar-refractivity contribution in [3.8, 4) is 0 Å². The van der Waals surface area contributed by atoms with Crippen LogP contribution in [0.4, 0.5) is 4.39 Å². The number of halogens is 1. The van der Waals surface area contributed by atoms with Gasteiger partial charge in [-0.3, -0.25) is 9.18 Å². The summed E-state index contributed by atoms with van der Waals surface area (Å²) in [6.07, 6.45) is -1.08. The molecule has 5 N–H and O–H groups in total. The van der Waals surface area contributed by atoms with Gasteiger partial charge in [-0.2, -0.15) is 0 Å². The van der Waals surface area contributed by atoms with E-state index in [-0.39, 0.29) is 17.7 Å². The molecule has 176 valence electrons. The fourth-order valence-electron chi connectivity index (χ4n) is 4.01. The lowest BCUT2D eigenvalue weighted by atomic mass is 9.88. The maximum atomic E-state index is 13.0. The fraction of sp³-hybridized carbons (Fsp3) is 0.950. The van der Waals surface area contributed by atoms with Gasteiger partial charge in [0.15, 0.2) is 0 Å². The van der Waals surface area contributed by atoms with Crippen LogP contribution >= 0.6 is 11.8 Å². The molecular formula is C20H37FN2O6S. The molecule has 0 aromatic rings. The molecule has 2 fully saturated rings. The molecule has 0 aliphatic carbocycles. The zero-order chi connectivity index (χ0) is 22.3. The topological polar surface area (TPSA) is 120 Å². The van der Waals surface area contributed by atoms with Crippen LogP contribution in [0.3, 0.4) is 0 Å². The monoisotopic (exact) mass is 452 g/mol. The van der Waals surface area contributed by atoms with Crippen molar-refractivity contribution < 1.29 is 34.0 Å². The number of hydrogen-bond acceptors (Lipinski definition) is 8. The summed E-state index contributed by atoms with van der Waals surface area (Å²) in [6, 6.07) is -0.936. The van der Waals surface area contributed by atoms with Crippen LogP contribution in [0, 0.1) is 11.8 Å². The number of amides is 1. The highest BCUT2D eigenvalue weighted by Gasteiger charge is 2.47. The number of thioether (sulfide) groups is 1. The first-order valence-electron chi connectivity index (χ1n) is 10.7. The van der Waals surface area contributed by atoms with E-state index in [1.54, 1.807) is 6.26 Å². The van der Waals surface area contributed by atoms with Crippen molar-refractivity contribution in [1.82, 2.24) is 10.6 Å². The highest BCUT2D eigenvalue weighted by molar-refractivity contribution is 7.99. The maximum absolute atomic E-state index is 13.0. The van der Waals surface area contributed by atoms with Crippen molar-refractivity contribution in [1.29, 1.82) is 0 Å². The number of carbonyl (C=O) groups is 1. The third-order valence-corrected chi connectivity index (χ3v) is 6.68. The van der Waals surface area contributed by atoms with Crippen molar-refractivity contribution in [2.24, 2.45) is 11.8 Å². The Hall–Kier alpha value is -0.490. The van der Waals surface area contributed by atoms with Gasteiger partial charge in [0.1, 0.15) is 29.9 Å². The van der Waals surface area contributed by atoms with Gasteiger partial charge in [-0.1, -0.05) is 13.8 Å². The number of aliphatic hydroxyl groups excluding tert-OH is 3. The Kier molecular flexibility index (Phi) is 10.8. The smallest absolute Gasteiger partial charge is 0.237 e. The summed E-state index contributed by atoms with van der Waals surface area (Å²) in [5.74, 6) is -0.0466. The van der Waals surface area contributed by atoms with Crippen molar-refractivity contribution >= 4 is 17.7 Å². The molecule has 0 bridgehead atoms. The van der Waals surface area contributed by atoms with Crippen molar-refractivity contribution in [3.05, 3.63) is 0 Å². The van der Waals surface area contributed by atoms with E-state index in [1.807, 2.05) is 13.8 Å². The molecule has 2 saturated heterocycles. The Labute approximate surface area is 182 Å². The van der Waals surface area contributed by atoms with Gasteiger partial charge in [-0.05, 0) is 43.9 Å². The van der Waals surface area contributed by atoms with Crippen LogP contribution in [-0.2, 0) is 14.3 Å². The predicted octanol–water partition coefficient (Wildman–Crippen LogP) is 0.0422. The maximum Gasteiger partial charge on any atom is 0.237 e. The largest absolute Gasteiger partial charge is 0.388 e. The van der Waals surface area contributed by atoms with Crippen LogP contribution in [0.5, 0.6) is 0 Å². The summed E-state index contributed by atoms with van der Waals surface area (Å²) in [5.41, 5.74) is -0.690. The molecule has 8 unspecified atom stereocenters. The van der Waals surface area contributed by atoms with E-state index in [1.165, 1.54) is 11.8 Å². The number of rotatable bonds is 10. The molecule has 0 radical (unpaired) electrons. The molecule has 2 aliphatic heterocycles. The highest BCUT2D eigenvalue weighted by Crippen LogP contribution is 2.30. The molecular weight excluding hydrogens is 415 g/mol. The van der Waals surface area contributed by atoms with E-state index in [0.717, 1.165) is 6.42 Å². The van der Waals surface area contributed by atoms with Crippen LogP contribution in [0.2, 0.25) is 0 Å². The zero-order valence-corrected chi connectivity index (χ0v) is 18.8. The van der Waals surface area contributed by atoms with Crippen LogP contribution < -0.4 is 10.6 Å². The van der Waals surface area contributed by atoms with Gasteiger partial charge < -0.3 is 35.4 Å². The third kappa shape index (κ3) is 6.75. The van der Waals surface area contributed by atoms with E-state index in [0.29, 0.717) is 32.6 Å². The lowest BCUT2D eigenvalue weighted by Gasteiger charge is -2.44. The van der Waals surface area contributed by atoms with Gasteiger partial charge in [0, 0.05) is 13.2 Å². The second-order valence-corrected chi connectivity index (χ2v) is 9.41. The summed E-state index contributed by atoms with van der Waals surface area (Å²) in [6.45, 7) is 4.98. The summed E-state index contributed by atoms with van der Waals surface area (Å²) >= 11 is 1.24. The molecule has 8 nitrogen and oxygen atoms in total. The summed E-state index contributed by atoms with van der Waals surface area (Å²) in [7, 11) is 0. The Morgan fingerprint density at radius 1 is 1.30 bits per heavy atom. The van der Waals surface area contributed by atoms with Crippen LogP contribution in [0.1, 0.15) is 33.1 Å². The van der Waals surface area contributed by atoms with E-state index < -0.39 is 48.6 Å². The van der Waals surface area contributed by atoms with Crippen LogP contribution in [0.25, 0.3) is 0 Å². The number of nitrogens with one attached hydrogen (secondary N) is 2. The average Bonchev–Trinajstić information content (AvgIpc) is 2.74. The minimum Gasteiger partial charge on any atom is -0.388 e. The number of carbonyl (C=O) groups excluding carboxylic acids is 1. The van der Waals surface area contributed by atoms with Gasteiger partial charge in [0.05, 0.1) is 18.8 Å². The van der Waals surface area contributed by atoms with Crippen molar-refractivity contribution in [2.45, 2.75) is 75.0 Å². The SMILES string of the molecule is CSC1OC(C(NC(=O)C2CC(COCCCF)CCN2)C(C)C)C(O)C(O)C1O. The Bertz CT molecular complexity index is 530. The lowest BCUT2D eigenvalue weighted by Crippen LogP contribution is -2.65. The quantitative estimate of drug-likeness (QED) is 0.295. The van der Waals surface area contributed by atoms with Crippen LogP contribution in [-0.4, -0.2) is 95.9 Å². The molecule has 0 aromatic carbocycles. The van der Waals surface area contributed by atoms with Gasteiger partial charge in [-0.25, -0.2) is 0 Å².